The maximum absolute atomic E-state index is 12.5. The van der Waals surface area contributed by atoms with Crippen LogP contribution in [-0.4, -0.2) is 5.91 Å². The van der Waals surface area contributed by atoms with Crippen molar-refractivity contribution in [2.75, 3.05) is 4.90 Å². The van der Waals surface area contributed by atoms with Crippen LogP contribution in [-0.2, 0) is 4.79 Å². The molecule has 1 amide bonds. The van der Waals surface area contributed by atoms with Gasteiger partial charge in [-0.25, -0.2) is 0 Å². The minimum atomic E-state index is -0.169. The van der Waals surface area contributed by atoms with E-state index >= 15 is 0 Å². The highest BCUT2D eigenvalue weighted by Crippen LogP contribution is 2.48. The standard InChI is InChI=1S/C18H13NO3S/c1-12-17(20)19(14-5-3-2-4-6-14)18(23-12)13-7-8-15-16(11-13)22-10-9-21-15/h2-11,18H,1H2. The molecule has 1 unspecified atom stereocenters. The molecular weight excluding hydrogens is 310 g/mol. The molecule has 5 heteroatoms. The number of rotatable bonds is 2. The number of hydrogen-bond donors (Lipinski definition) is 0. The Labute approximate surface area is 138 Å². The van der Waals surface area contributed by atoms with Gasteiger partial charge in [-0.3, -0.25) is 9.69 Å². The summed E-state index contributed by atoms with van der Waals surface area (Å²) in [6.07, 6.45) is 2.99. The number of anilines is 1. The Morgan fingerprint density at radius 3 is 2.52 bits per heavy atom. The van der Waals surface area contributed by atoms with E-state index in [1.165, 1.54) is 24.3 Å². The SMILES string of the molecule is C=C1SC(c2ccc3c(c2)OC=CO3)N(c2ccccc2)C1=O. The Hall–Kier alpha value is -2.66. The van der Waals surface area contributed by atoms with Crippen molar-refractivity contribution in [1.29, 1.82) is 0 Å². The van der Waals surface area contributed by atoms with Crippen molar-refractivity contribution >= 4 is 23.4 Å². The fraction of sp³-hybridized carbons (Fsp3) is 0.0556. The van der Waals surface area contributed by atoms with Crippen LogP contribution in [0.15, 0.2) is 72.5 Å². The number of benzene rings is 2. The van der Waals surface area contributed by atoms with Crippen molar-refractivity contribution < 1.29 is 14.3 Å². The van der Waals surface area contributed by atoms with Crippen molar-refractivity contribution in [3.05, 3.63) is 78.1 Å². The first kappa shape index (κ1) is 14.0. The van der Waals surface area contributed by atoms with Gasteiger partial charge in [0.15, 0.2) is 11.5 Å². The van der Waals surface area contributed by atoms with Crippen molar-refractivity contribution in [2.24, 2.45) is 0 Å². The third kappa shape index (κ3) is 2.39. The minimum absolute atomic E-state index is 0.0685. The van der Waals surface area contributed by atoms with Crippen LogP contribution in [0.4, 0.5) is 5.69 Å². The zero-order valence-corrected chi connectivity index (χ0v) is 13.0. The first-order valence-electron chi connectivity index (χ1n) is 7.10. The maximum atomic E-state index is 12.5. The molecule has 2 aromatic carbocycles. The van der Waals surface area contributed by atoms with Crippen molar-refractivity contribution in [1.82, 2.24) is 0 Å². The second-order valence-corrected chi connectivity index (χ2v) is 6.29. The summed E-state index contributed by atoms with van der Waals surface area (Å²) in [6.45, 7) is 3.88. The second-order valence-electron chi connectivity index (χ2n) is 5.12. The van der Waals surface area contributed by atoms with Gasteiger partial charge in [-0.1, -0.05) is 42.6 Å². The monoisotopic (exact) mass is 323 g/mol. The Morgan fingerprint density at radius 1 is 1.00 bits per heavy atom. The predicted octanol–water partition coefficient (Wildman–Crippen LogP) is 4.22. The van der Waals surface area contributed by atoms with Crippen LogP contribution in [0.5, 0.6) is 11.5 Å². The van der Waals surface area contributed by atoms with Crippen LogP contribution in [0, 0.1) is 0 Å². The number of nitrogens with zero attached hydrogens (tertiary/aromatic N) is 1. The van der Waals surface area contributed by atoms with Gasteiger partial charge in [0, 0.05) is 5.69 Å². The van der Waals surface area contributed by atoms with Crippen LogP contribution >= 0.6 is 11.8 Å². The van der Waals surface area contributed by atoms with Gasteiger partial charge in [-0.15, -0.1) is 0 Å². The summed E-state index contributed by atoms with van der Waals surface area (Å²) in [7, 11) is 0. The van der Waals surface area contributed by atoms with Crippen LogP contribution in [0.1, 0.15) is 10.9 Å². The van der Waals surface area contributed by atoms with E-state index in [1.807, 2.05) is 48.5 Å². The van der Waals surface area contributed by atoms with Crippen molar-refractivity contribution in [3.8, 4) is 11.5 Å². The van der Waals surface area contributed by atoms with E-state index in [-0.39, 0.29) is 11.3 Å². The first-order valence-corrected chi connectivity index (χ1v) is 7.98. The normalized spacial score (nSPS) is 19.3. The molecule has 0 aliphatic carbocycles. The highest BCUT2D eigenvalue weighted by atomic mass is 32.2. The lowest BCUT2D eigenvalue weighted by atomic mass is 10.1. The quantitative estimate of drug-likeness (QED) is 0.776. The zero-order chi connectivity index (χ0) is 15.8. The fourth-order valence-corrected chi connectivity index (χ4v) is 3.68. The summed E-state index contributed by atoms with van der Waals surface area (Å²) >= 11 is 1.45. The van der Waals surface area contributed by atoms with Crippen LogP contribution in [0.2, 0.25) is 0 Å². The molecular formula is C18H13NO3S. The Kier molecular flexibility index (Phi) is 3.35. The zero-order valence-electron chi connectivity index (χ0n) is 12.1. The van der Waals surface area contributed by atoms with Crippen LogP contribution < -0.4 is 14.4 Å². The van der Waals surface area contributed by atoms with Gasteiger partial charge in [0.05, 0.1) is 4.91 Å². The Bertz CT molecular complexity index is 816. The van der Waals surface area contributed by atoms with Gasteiger partial charge in [-0.2, -0.15) is 0 Å². The number of thioether (sulfide) groups is 1. The Morgan fingerprint density at radius 2 is 1.74 bits per heavy atom. The molecule has 0 N–H and O–H groups in total. The largest absolute Gasteiger partial charge is 0.458 e. The van der Waals surface area contributed by atoms with Gasteiger partial charge < -0.3 is 9.47 Å². The van der Waals surface area contributed by atoms with E-state index < -0.39 is 0 Å². The molecule has 0 saturated carbocycles. The molecule has 2 aliphatic heterocycles. The molecule has 1 saturated heterocycles. The molecule has 0 bridgehead atoms. The number of hydrogen-bond acceptors (Lipinski definition) is 4. The number of fused-ring (bicyclic) bond motifs is 1. The van der Waals surface area contributed by atoms with Gasteiger partial charge in [0.2, 0.25) is 0 Å². The highest BCUT2D eigenvalue weighted by molar-refractivity contribution is 8.05. The number of carbonyl (C=O) groups excluding carboxylic acids is 1. The molecule has 0 aromatic heterocycles. The molecule has 23 heavy (non-hydrogen) atoms. The second kappa shape index (κ2) is 5.52. The predicted molar refractivity (Wildman–Crippen MR) is 90.2 cm³/mol. The number of para-hydroxylation sites is 1. The maximum Gasteiger partial charge on any atom is 0.265 e. The molecule has 2 heterocycles. The molecule has 0 radical (unpaired) electrons. The molecule has 4 rings (SSSR count). The molecule has 4 nitrogen and oxygen atoms in total. The fourth-order valence-electron chi connectivity index (χ4n) is 2.61. The van der Waals surface area contributed by atoms with Crippen molar-refractivity contribution in [3.63, 3.8) is 0 Å². The summed E-state index contributed by atoms with van der Waals surface area (Å²) in [4.78, 5) is 14.8. The summed E-state index contributed by atoms with van der Waals surface area (Å²) in [6, 6.07) is 15.3. The summed E-state index contributed by atoms with van der Waals surface area (Å²) < 4.78 is 10.9. The molecule has 2 aromatic rings. The van der Waals surface area contributed by atoms with Gasteiger partial charge >= 0.3 is 0 Å². The van der Waals surface area contributed by atoms with Gasteiger partial charge in [0.25, 0.3) is 5.91 Å². The first-order chi connectivity index (χ1) is 11.2. The topological polar surface area (TPSA) is 38.8 Å². The lowest BCUT2D eigenvalue weighted by molar-refractivity contribution is -0.114. The minimum Gasteiger partial charge on any atom is -0.458 e. The van der Waals surface area contributed by atoms with E-state index in [0.29, 0.717) is 16.4 Å². The summed E-state index contributed by atoms with van der Waals surface area (Å²) in [5, 5.41) is -0.169. The third-order valence-corrected chi connectivity index (χ3v) is 4.84. The van der Waals surface area contributed by atoms with Crippen LogP contribution in [0.3, 0.4) is 0 Å². The van der Waals surface area contributed by atoms with Gasteiger partial charge in [0.1, 0.15) is 17.9 Å². The number of ether oxygens (including phenoxy) is 2. The summed E-state index contributed by atoms with van der Waals surface area (Å²) in [5.41, 5.74) is 1.81. The average Bonchev–Trinajstić information content (AvgIpc) is 2.90. The van der Waals surface area contributed by atoms with E-state index in [1.54, 1.807) is 4.90 Å². The molecule has 2 aliphatic rings. The Balaban J connectivity index is 1.75. The molecule has 1 fully saturated rings. The smallest absolute Gasteiger partial charge is 0.265 e. The number of carbonyl (C=O) groups is 1. The molecule has 1 atom stereocenters. The van der Waals surface area contributed by atoms with E-state index in [0.717, 1.165) is 11.3 Å². The molecule has 114 valence electrons. The average molecular weight is 323 g/mol. The number of amides is 1. The molecule has 0 spiro atoms. The lowest BCUT2D eigenvalue weighted by Gasteiger charge is -2.24. The van der Waals surface area contributed by atoms with E-state index in [2.05, 4.69) is 6.58 Å². The highest BCUT2D eigenvalue weighted by Gasteiger charge is 2.37. The van der Waals surface area contributed by atoms with E-state index in [4.69, 9.17) is 9.47 Å². The van der Waals surface area contributed by atoms with Crippen molar-refractivity contribution in [2.45, 2.75) is 5.37 Å². The third-order valence-electron chi connectivity index (χ3n) is 3.68. The summed E-state index contributed by atoms with van der Waals surface area (Å²) in [5.74, 6) is 1.24. The lowest BCUT2D eigenvalue weighted by Crippen LogP contribution is -2.27. The van der Waals surface area contributed by atoms with Crippen LogP contribution in [0.25, 0.3) is 0 Å². The van der Waals surface area contributed by atoms with Gasteiger partial charge in [-0.05, 0) is 29.8 Å². The van der Waals surface area contributed by atoms with E-state index in [9.17, 15) is 4.79 Å².